The summed E-state index contributed by atoms with van der Waals surface area (Å²) in [6.07, 6.45) is 5.39. The van der Waals surface area contributed by atoms with Gasteiger partial charge in [0.15, 0.2) is 5.65 Å². The lowest BCUT2D eigenvalue weighted by molar-refractivity contribution is -0.136. The topological polar surface area (TPSA) is 183 Å². The Labute approximate surface area is 331 Å². The number of anilines is 1. The van der Waals surface area contributed by atoms with Gasteiger partial charge in [0.1, 0.15) is 41.2 Å². The Kier molecular flexibility index (Phi) is 10.7. The van der Waals surface area contributed by atoms with Gasteiger partial charge in [-0.25, -0.2) is 19.0 Å². The zero-order valence-electron chi connectivity index (χ0n) is 30.9. The Balaban J connectivity index is 0.813. The quantitative estimate of drug-likeness (QED) is 0.0869. The number of para-hydroxylation sites is 1. The van der Waals surface area contributed by atoms with Crippen molar-refractivity contribution < 1.29 is 33.1 Å². The number of benzene rings is 3. The fourth-order valence-electron chi connectivity index (χ4n) is 7.62. The number of carbonyl (C=O) groups excluding carboxylic acids is 5. The van der Waals surface area contributed by atoms with E-state index in [9.17, 15) is 24.0 Å². The van der Waals surface area contributed by atoms with Gasteiger partial charge >= 0.3 is 0 Å². The molecule has 1 atom stereocenters. The normalized spacial score (nSPS) is 17.3. The number of nitrogens with one attached hydrogen (secondary N) is 1. The van der Waals surface area contributed by atoms with E-state index in [-0.39, 0.29) is 40.8 Å². The number of thioether (sulfide) groups is 1. The number of piperidine rings is 2. The molecule has 3 N–H and O–H groups in total. The van der Waals surface area contributed by atoms with Crippen LogP contribution in [0.1, 0.15) is 78.1 Å². The number of amides is 5. The first-order chi connectivity index (χ1) is 27.7. The first kappa shape index (κ1) is 37.7. The minimum Gasteiger partial charge on any atom is -0.457 e. The van der Waals surface area contributed by atoms with Gasteiger partial charge in [-0.15, -0.1) is 11.8 Å². The largest absolute Gasteiger partial charge is 0.457 e. The summed E-state index contributed by atoms with van der Waals surface area (Å²) in [5.74, 6) is -1.21. The van der Waals surface area contributed by atoms with Crippen LogP contribution in [0.3, 0.4) is 0 Å². The lowest BCUT2D eigenvalue weighted by Gasteiger charge is -2.32. The van der Waals surface area contributed by atoms with Crippen molar-refractivity contribution in [1.29, 1.82) is 0 Å². The van der Waals surface area contributed by atoms with Crippen LogP contribution < -0.4 is 15.8 Å². The van der Waals surface area contributed by atoms with Crippen LogP contribution in [0.15, 0.2) is 78.0 Å². The summed E-state index contributed by atoms with van der Waals surface area (Å²) in [6, 6.07) is 18.9. The maximum atomic E-state index is 15.5. The van der Waals surface area contributed by atoms with E-state index in [0.29, 0.717) is 79.2 Å². The summed E-state index contributed by atoms with van der Waals surface area (Å²) in [7, 11) is 0. The molecule has 0 spiro atoms. The number of fused-ring (bicyclic) bond motifs is 2. The van der Waals surface area contributed by atoms with Gasteiger partial charge in [-0.05, 0) is 86.4 Å². The van der Waals surface area contributed by atoms with E-state index in [4.69, 9.17) is 15.6 Å². The van der Waals surface area contributed by atoms with E-state index in [1.54, 1.807) is 0 Å². The molecule has 3 aliphatic rings. The highest BCUT2D eigenvalue weighted by molar-refractivity contribution is 7.99. The van der Waals surface area contributed by atoms with Crippen LogP contribution in [0.4, 0.5) is 10.2 Å². The van der Waals surface area contributed by atoms with Crippen LogP contribution in [-0.4, -0.2) is 84.0 Å². The van der Waals surface area contributed by atoms with Gasteiger partial charge in [0.25, 0.3) is 11.8 Å². The fourth-order valence-corrected chi connectivity index (χ4v) is 8.58. The Morgan fingerprint density at radius 2 is 1.65 bits per heavy atom. The van der Waals surface area contributed by atoms with Gasteiger partial charge in [-0.2, -0.15) is 5.10 Å². The average molecular weight is 791 g/mol. The second-order valence-corrected chi connectivity index (χ2v) is 15.3. The molecule has 2 saturated heterocycles. The molecule has 16 heteroatoms. The monoisotopic (exact) mass is 790 g/mol. The number of ether oxygens (including phenoxy) is 1. The molecule has 5 amide bonds. The number of nitrogens with two attached hydrogens (primary N) is 1. The van der Waals surface area contributed by atoms with Crippen molar-refractivity contribution in [2.45, 2.75) is 68.3 Å². The molecule has 8 rings (SSSR count). The van der Waals surface area contributed by atoms with Crippen LogP contribution in [0.25, 0.3) is 22.3 Å². The summed E-state index contributed by atoms with van der Waals surface area (Å²) >= 11 is 1.23. The molecule has 57 heavy (non-hydrogen) atoms. The Hall–Kier alpha value is -6.16. The summed E-state index contributed by atoms with van der Waals surface area (Å²) in [5.41, 5.74) is 8.12. The number of nitrogens with zero attached hydrogens (tertiary/aromatic N) is 6. The van der Waals surface area contributed by atoms with Crippen molar-refractivity contribution in [3.05, 3.63) is 90.0 Å². The highest BCUT2D eigenvalue weighted by atomic mass is 32.2. The molecule has 2 aromatic heterocycles. The molecule has 3 aliphatic heterocycles. The number of imide groups is 2. The number of unbranched alkanes of at least 4 members (excludes halogenated alkanes) is 2. The Morgan fingerprint density at radius 1 is 0.895 bits per heavy atom. The van der Waals surface area contributed by atoms with E-state index < -0.39 is 35.5 Å². The molecule has 292 valence electrons. The lowest BCUT2D eigenvalue weighted by Crippen LogP contribution is -2.54. The highest BCUT2D eigenvalue weighted by Gasteiger charge is 2.46. The summed E-state index contributed by atoms with van der Waals surface area (Å²) < 4.78 is 23.4. The van der Waals surface area contributed by atoms with E-state index in [0.717, 1.165) is 22.6 Å². The minimum absolute atomic E-state index is 0.00117. The number of hydrogen-bond donors (Lipinski definition) is 2. The third kappa shape index (κ3) is 7.56. The molecular formula is C41H39FN8O6S. The standard InChI is InChI=1S/C41H39FN8O6S/c42-35-30(16-14-28-33(35)41(55)49(40(28)54)29-15-17-31(51)46-39(29)53)57-22-6-2-5-9-32(52)48-20-18-25(19-21-48)50-38-34(37(43)44-23-45-38)36(47-50)24-10-12-27(13-11-24)56-26-7-3-1-4-8-26/h1,3-4,7-8,10-14,16,23,25,29H,2,5-6,9,15,17-22H2,(H2,43,44,45)(H,46,51,53). The zero-order valence-corrected chi connectivity index (χ0v) is 31.7. The molecule has 3 aromatic carbocycles. The number of aromatic nitrogens is 4. The van der Waals surface area contributed by atoms with Gasteiger partial charge in [0, 0.05) is 36.4 Å². The van der Waals surface area contributed by atoms with Crippen molar-refractivity contribution in [3.8, 4) is 22.8 Å². The highest BCUT2D eigenvalue weighted by Crippen LogP contribution is 2.37. The van der Waals surface area contributed by atoms with E-state index in [2.05, 4.69) is 15.3 Å². The summed E-state index contributed by atoms with van der Waals surface area (Å²) in [6.45, 7) is 1.17. The van der Waals surface area contributed by atoms with Crippen LogP contribution in [-0.2, 0) is 14.4 Å². The molecular weight excluding hydrogens is 752 g/mol. The molecule has 5 aromatic rings. The summed E-state index contributed by atoms with van der Waals surface area (Å²) in [5, 5.41) is 7.81. The van der Waals surface area contributed by atoms with Crippen molar-refractivity contribution in [2.75, 3.05) is 24.6 Å². The smallest absolute Gasteiger partial charge is 0.265 e. The van der Waals surface area contributed by atoms with E-state index in [1.165, 1.54) is 30.2 Å². The lowest BCUT2D eigenvalue weighted by atomic mass is 10.0. The first-order valence-electron chi connectivity index (χ1n) is 18.9. The maximum absolute atomic E-state index is 15.5. The average Bonchev–Trinajstić information content (AvgIpc) is 3.73. The summed E-state index contributed by atoms with van der Waals surface area (Å²) in [4.78, 5) is 74.8. The van der Waals surface area contributed by atoms with Gasteiger partial charge in [-0.3, -0.25) is 34.2 Å². The molecule has 1 unspecified atom stereocenters. The number of halogens is 1. The second kappa shape index (κ2) is 16.1. The molecule has 2 fully saturated rings. The third-order valence-electron chi connectivity index (χ3n) is 10.6. The van der Waals surface area contributed by atoms with Gasteiger partial charge in [0.05, 0.1) is 22.6 Å². The van der Waals surface area contributed by atoms with Crippen LogP contribution in [0, 0.1) is 5.82 Å². The SMILES string of the molecule is Nc1ncnc2c1c(-c1ccc(Oc3ccccc3)cc1)nn2C1CCN(C(=O)CCCCCSc2ccc3c(c2F)C(=O)N(C2CCC(=O)NC2=O)C3=O)CC1. The van der Waals surface area contributed by atoms with Crippen LogP contribution in [0.2, 0.25) is 0 Å². The van der Waals surface area contributed by atoms with Crippen molar-refractivity contribution in [2.24, 2.45) is 0 Å². The zero-order chi connectivity index (χ0) is 39.6. The van der Waals surface area contributed by atoms with Crippen molar-refractivity contribution in [1.82, 2.24) is 34.9 Å². The van der Waals surface area contributed by atoms with Gasteiger partial charge < -0.3 is 15.4 Å². The van der Waals surface area contributed by atoms with Crippen LogP contribution >= 0.6 is 11.8 Å². The molecule has 0 bridgehead atoms. The first-order valence-corrected chi connectivity index (χ1v) is 19.9. The van der Waals surface area contributed by atoms with E-state index in [1.807, 2.05) is 64.2 Å². The predicted molar refractivity (Wildman–Crippen MR) is 209 cm³/mol. The fraction of sp³-hybridized carbons (Fsp3) is 0.317. The third-order valence-corrected chi connectivity index (χ3v) is 11.7. The van der Waals surface area contributed by atoms with Gasteiger partial charge in [-0.1, -0.05) is 24.6 Å². The minimum atomic E-state index is -1.16. The number of likely N-dealkylation sites (tertiary alicyclic amines) is 1. The Bertz CT molecular complexity index is 2380. The van der Waals surface area contributed by atoms with Gasteiger partial charge in [0.2, 0.25) is 17.7 Å². The molecule has 5 heterocycles. The molecule has 14 nitrogen and oxygen atoms in total. The maximum Gasteiger partial charge on any atom is 0.265 e. The Morgan fingerprint density at radius 3 is 2.40 bits per heavy atom. The second-order valence-electron chi connectivity index (χ2n) is 14.2. The predicted octanol–water partition coefficient (Wildman–Crippen LogP) is 5.92. The van der Waals surface area contributed by atoms with E-state index >= 15 is 4.39 Å². The van der Waals surface area contributed by atoms with Crippen LogP contribution in [0.5, 0.6) is 11.5 Å². The number of carbonyl (C=O) groups is 5. The number of rotatable bonds is 12. The number of nitrogen functional groups attached to an aromatic ring is 1. The number of hydrogen-bond acceptors (Lipinski definition) is 11. The van der Waals surface area contributed by atoms with Crippen molar-refractivity contribution in [3.63, 3.8) is 0 Å². The van der Waals surface area contributed by atoms with Crippen molar-refractivity contribution >= 4 is 58.1 Å². The molecule has 0 aliphatic carbocycles. The molecule has 0 radical (unpaired) electrons. The molecule has 0 saturated carbocycles.